The van der Waals surface area contributed by atoms with Crippen molar-refractivity contribution < 1.29 is 9.13 Å². The Morgan fingerprint density at radius 3 is 2.35 bits per heavy atom. The zero-order chi connectivity index (χ0) is 22.1. The highest BCUT2D eigenvalue weighted by Crippen LogP contribution is 2.28. The fourth-order valence-corrected chi connectivity index (χ4v) is 3.37. The van der Waals surface area contributed by atoms with Crippen LogP contribution in [0.1, 0.15) is 31.2 Å². The SMILES string of the molecule is C1CCCNCC1.CNc1cc(-c2ccc(C#N)c(F)c2)n(-c2ccc(OC)cc2)n1. The van der Waals surface area contributed by atoms with Crippen LogP contribution in [0.3, 0.4) is 0 Å². The summed E-state index contributed by atoms with van der Waals surface area (Å²) in [6.45, 7) is 2.50. The van der Waals surface area contributed by atoms with Crippen LogP contribution in [0.5, 0.6) is 5.75 Å². The fraction of sp³-hybridized carbons (Fsp3) is 0.333. The minimum absolute atomic E-state index is 0.0168. The van der Waals surface area contributed by atoms with Gasteiger partial charge in [0.05, 0.1) is 24.1 Å². The number of anilines is 1. The molecule has 2 aromatic carbocycles. The molecule has 1 fully saturated rings. The Bertz CT molecular complexity index is 1000. The molecular weight excluding hydrogens is 393 g/mol. The Labute approximate surface area is 182 Å². The number of nitrogens with one attached hydrogen (secondary N) is 2. The monoisotopic (exact) mass is 421 g/mol. The predicted molar refractivity (Wildman–Crippen MR) is 121 cm³/mol. The van der Waals surface area contributed by atoms with Gasteiger partial charge in [-0.05, 0) is 62.3 Å². The molecule has 0 bridgehead atoms. The van der Waals surface area contributed by atoms with E-state index in [1.54, 1.807) is 24.9 Å². The highest BCUT2D eigenvalue weighted by atomic mass is 19.1. The van der Waals surface area contributed by atoms with Crippen molar-refractivity contribution in [1.82, 2.24) is 15.1 Å². The van der Waals surface area contributed by atoms with E-state index in [-0.39, 0.29) is 5.56 Å². The molecule has 6 nitrogen and oxygen atoms in total. The van der Waals surface area contributed by atoms with Crippen molar-refractivity contribution in [2.75, 3.05) is 32.6 Å². The molecule has 0 atom stereocenters. The Morgan fingerprint density at radius 1 is 1.06 bits per heavy atom. The van der Waals surface area contributed by atoms with E-state index in [9.17, 15) is 4.39 Å². The molecule has 31 heavy (non-hydrogen) atoms. The van der Waals surface area contributed by atoms with Crippen molar-refractivity contribution in [1.29, 1.82) is 5.26 Å². The van der Waals surface area contributed by atoms with Crippen LogP contribution in [0.4, 0.5) is 10.2 Å². The van der Waals surface area contributed by atoms with Crippen molar-refractivity contribution in [3.8, 4) is 28.8 Å². The maximum absolute atomic E-state index is 14.0. The van der Waals surface area contributed by atoms with Crippen molar-refractivity contribution in [3.63, 3.8) is 0 Å². The smallest absolute Gasteiger partial charge is 0.148 e. The highest BCUT2D eigenvalue weighted by Gasteiger charge is 2.13. The summed E-state index contributed by atoms with van der Waals surface area (Å²) in [5, 5.41) is 19.7. The van der Waals surface area contributed by atoms with Gasteiger partial charge in [-0.1, -0.05) is 18.9 Å². The zero-order valence-electron chi connectivity index (χ0n) is 18.0. The number of hydrogen-bond acceptors (Lipinski definition) is 5. The first-order valence-electron chi connectivity index (χ1n) is 10.5. The van der Waals surface area contributed by atoms with E-state index in [0.717, 1.165) is 11.4 Å². The standard InChI is InChI=1S/C18H15FN4O.C6H13N/c1-21-18-10-17(12-3-4-13(11-20)16(19)9-12)23(22-18)14-5-7-15(24-2)8-6-14;1-2-4-6-7-5-3-1/h3-10H,1-2H3,(H,21,22);7H,1-6H2. The Hall–Kier alpha value is -3.37. The van der Waals surface area contributed by atoms with E-state index in [4.69, 9.17) is 10.00 Å². The van der Waals surface area contributed by atoms with Gasteiger partial charge in [-0.15, -0.1) is 5.10 Å². The van der Waals surface area contributed by atoms with Gasteiger partial charge in [-0.3, -0.25) is 0 Å². The van der Waals surface area contributed by atoms with Crippen molar-refractivity contribution >= 4 is 5.82 Å². The van der Waals surface area contributed by atoms with Gasteiger partial charge < -0.3 is 15.4 Å². The lowest BCUT2D eigenvalue weighted by atomic mass is 10.1. The molecule has 2 heterocycles. The number of halogens is 1. The Kier molecular flexibility index (Phi) is 8.02. The van der Waals surface area contributed by atoms with E-state index in [1.165, 1.54) is 50.9 Å². The topological polar surface area (TPSA) is 74.9 Å². The van der Waals surface area contributed by atoms with Crippen LogP contribution in [0.15, 0.2) is 48.5 Å². The lowest BCUT2D eigenvalue weighted by Gasteiger charge is -2.09. The second-order valence-corrected chi connectivity index (χ2v) is 7.25. The van der Waals surface area contributed by atoms with Crippen LogP contribution in [0.25, 0.3) is 16.9 Å². The number of nitrogens with zero attached hydrogens (tertiary/aromatic N) is 3. The van der Waals surface area contributed by atoms with Crippen molar-refractivity contribution in [2.45, 2.75) is 25.7 Å². The van der Waals surface area contributed by atoms with Crippen molar-refractivity contribution in [3.05, 3.63) is 59.9 Å². The van der Waals surface area contributed by atoms with Crippen LogP contribution in [-0.2, 0) is 0 Å². The van der Waals surface area contributed by atoms with Crippen LogP contribution in [0.2, 0.25) is 0 Å². The molecule has 0 saturated carbocycles. The molecule has 4 rings (SSSR count). The van der Waals surface area contributed by atoms with E-state index < -0.39 is 5.82 Å². The zero-order valence-corrected chi connectivity index (χ0v) is 18.0. The summed E-state index contributed by atoms with van der Waals surface area (Å²) in [6.07, 6.45) is 5.65. The van der Waals surface area contributed by atoms with E-state index in [1.807, 2.05) is 36.4 Å². The van der Waals surface area contributed by atoms with Gasteiger partial charge in [0, 0.05) is 18.7 Å². The van der Waals surface area contributed by atoms with Crippen LogP contribution >= 0.6 is 0 Å². The molecule has 0 radical (unpaired) electrons. The predicted octanol–water partition coefficient (Wildman–Crippen LogP) is 4.75. The number of rotatable bonds is 4. The molecule has 1 aromatic heterocycles. The molecule has 1 aliphatic heterocycles. The number of aromatic nitrogens is 2. The maximum Gasteiger partial charge on any atom is 0.148 e. The molecular formula is C24H28FN5O. The normalized spacial score (nSPS) is 13.4. The molecule has 3 aromatic rings. The molecule has 1 saturated heterocycles. The van der Waals surface area contributed by atoms with Gasteiger partial charge in [-0.25, -0.2) is 9.07 Å². The van der Waals surface area contributed by atoms with E-state index >= 15 is 0 Å². The quantitative estimate of drug-likeness (QED) is 0.636. The third-order valence-corrected chi connectivity index (χ3v) is 5.12. The summed E-state index contributed by atoms with van der Waals surface area (Å²) < 4.78 is 20.9. The first kappa shape index (κ1) is 22.3. The minimum Gasteiger partial charge on any atom is -0.497 e. The molecule has 7 heteroatoms. The molecule has 0 spiro atoms. The van der Waals surface area contributed by atoms with Gasteiger partial charge in [0.25, 0.3) is 0 Å². The molecule has 0 amide bonds. The first-order chi connectivity index (χ1) is 15.2. The number of nitriles is 1. The van der Waals surface area contributed by atoms with Gasteiger partial charge in [0.15, 0.2) is 0 Å². The van der Waals surface area contributed by atoms with Gasteiger partial charge in [0.1, 0.15) is 23.5 Å². The van der Waals surface area contributed by atoms with Gasteiger partial charge in [0.2, 0.25) is 0 Å². The summed E-state index contributed by atoms with van der Waals surface area (Å²) in [4.78, 5) is 0. The lowest BCUT2D eigenvalue weighted by molar-refractivity contribution is 0.414. The van der Waals surface area contributed by atoms with E-state index in [2.05, 4.69) is 15.7 Å². The summed E-state index contributed by atoms with van der Waals surface area (Å²) in [7, 11) is 3.37. The van der Waals surface area contributed by atoms with Gasteiger partial charge >= 0.3 is 0 Å². The summed E-state index contributed by atoms with van der Waals surface area (Å²) >= 11 is 0. The highest BCUT2D eigenvalue weighted by molar-refractivity contribution is 5.67. The van der Waals surface area contributed by atoms with Crippen LogP contribution in [0, 0.1) is 17.1 Å². The second kappa shape index (κ2) is 11.1. The summed E-state index contributed by atoms with van der Waals surface area (Å²) in [6, 6.07) is 15.6. The second-order valence-electron chi connectivity index (χ2n) is 7.25. The number of methoxy groups -OCH3 is 1. The van der Waals surface area contributed by atoms with Crippen LogP contribution < -0.4 is 15.4 Å². The fourth-order valence-electron chi connectivity index (χ4n) is 3.37. The molecule has 1 aliphatic rings. The Morgan fingerprint density at radius 2 is 1.77 bits per heavy atom. The van der Waals surface area contributed by atoms with E-state index in [0.29, 0.717) is 17.1 Å². The first-order valence-corrected chi connectivity index (χ1v) is 10.5. The third kappa shape index (κ3) is 5.83. The minimum atomic E-state index is -0.552. The number of ether oxygens (including phenoxy) is 1. The van der Waals surface area contributed by atoms with Gasteiger partial charge in [-0.2, -0.15) is 5.26 Å². The average molecular weight is 422 g/mol. The number of benzene rings is 2. The Balaban J connectivity index is 0.000000330. The maximum atomic E-state index is 14.0. The van der Waals surface area contributed by atoms with Crippen molar-refractivity contribution in [2.24, 2.45) is 0 Å². The molecule has 0 aliphatic carbocycles. The summed E-state index contributed by atoms with van der Waals surface area (Å²) in [5.74, 6) is 0.847. The van der Waals surface area contributed by atoms with Crippen LogP contribution in [-0.4, -0.2) is 37.0 Å². The molecule has 0 unspecified atom stereocenters. The lowest BCUT2D eigenvalue weighted by Crippen LogP contribution is -2.12. The summed E-state index contributed by atoms with van der Waals surface area (Å²) in [5.41, 5.74) is 2.18. The molecule has 2 N–H and O–H groups in total. The largest absolute Gasteiger partial charge is 0.497 e. The molecule has 162 valence electrons. The third-order valence-electron chi connectivity index (χ3n) is 5.12. The number of hydrogen-bond donors (Lipinski definition) is 2. The average Bonchev–Trinajstić information content (AvgIpc) is 3.01.